The zero-order valence-electron chi connectivity index (χ0n) is 14.8. The third-order valence-electron chi connectivity index (χ3n) is 4.75. The minimum Gasteiger partial charge on any atom is -0.363 e. The van der Waals surface area contributed by atoms with Crippen molar-refractivity contribution in [1.29, 1.82) is 0 Å². The molecular formula is C18H20BrF3N4O. The van der Waals surface area contributed by atoms with E-state index in [0.717, 1.165) is 15.6 Å². The highest BCUT2D eigenvalue weighted by atomic mass is 79.9. The molecule has 0 bridgehead atoms. The summed E-state index contributed by atoms with van der Waals surface area (Å²) in [5.74, 6) is -0.340. The normalized spacial score (nSPS) is 20.5. The Balaban J connectivity index is 1.98. The molecule has 1 aliphatic rings. The van der Waals surface area contributed by atoms with Gasteiger partial charge in [0.25, 0.3) is 5.91 Å². The van der Waals surface area contributed by atoms with Gasteiger partial charge in [0, 0.05) is 16.9 Å². The summed E-state index contributed by atoms with van der Waals surface area (Å²) in [4.78, 5) is 12.5. The van der Waals surface area contributed by atoms with Crippen LogP contribution in [0.2, 0.25) is 0 Å². The number of carbonyl (C=O) groups excluding carboxylic acids is 1. The number of alkyl halides is 3. The number of carbonyl (C=O) groups is 1. The molecule has 2 heterocycles. The van der Waals surface area contributed by atoms with Crippen molar-refractivity contribution in [3.8, 4) is 0 Å². The van der Waals surface area contributed by atoms with Crippen LogP contribution in [-0.2, 0) is 0 Å². The second kappa shape index (κ2) is 7.53. The molecule has 3 atom stereocenters. The monoisotopic (exact) mass is 444 g/mol. The van der Waals surface area contributed by atoms with Crippen LogP contribution < -0.4 is 10.6 Å². The topological polar surface area (TPSA) is 59.0 Å². The van der Waals surface area contributed by atoms with Gasteiger partial charge in [-0.15, -0.1) is 0 Å². The van der Waals surface area contributed by atoms with Gasteiger partial charge >= 0.3 is 6.18 Å². The molecule has 0 fully saturated rings. The van der Waals surface area contributed by atoms with E-state index < -0.39 is 24.2 Å². The van der Waals surface area contributed by atoms with Gasteiger partial charge in [-0.05, 0) is 31.0 Å². The van der Waals surface area contributed by atoms with Crippen LogP contribution in [0.4, 0.5) is 19.0 Å². The summed E-state index contributed by atoms with van der Waals surface area (Å²) in [6.07, 6.45) is -2.76. The summed E-state index contributed by atoms with van der Waals surface area (Å²) >= 11 is 3.33. The van der Waals surface area contributed by atoms with E-state index in [1.165, 1.54) is 6.20 Å². The van der Waals surface area contributed by atoms with Gasteiger partial charge in [0.15, 0.2) is 6.04 Å². The molecule has 1 aromatic heterocycles. The summed E-state index contributed by atoms with van der Waals surface area (Å²) in [6, 6.07) is 4.62. The number of nitrogens with one attached hydrogen (secondary N) is 2. The van der Waals surface area contributed by atoms with Crippen LogP contribution in [0.25, 0.3) is 0 Å². The second-order valence-electron chi connectivity index (χ2n) is 6.68. The number of fused-ring (bicyclic) bond motifs is 1. The van der Waals surface area contributed by atoms with Crippen LogP contribution in [0, 0.1) is 0 Å². The van der Waals surface area contributed by atoms with Crippen LogP contribution in [0.5, 0.6) is 0 Å². The first-order chi connectivity index (χ1) is 12.7. The van der Waals surface area contributed by atoms with E-state index in [9.17, 15) is 18.0 Å². The highest BCUT2D eigenvalue weighted by Gasteiger charge is 2.47. The molecule has 146 valence electrons. The van der Waals surface area contributed by atoms with Crippen molar-refractivity contribution in [3.05, 3.63) is 46.1 Å². The van der Waals surface area contributed by atoms with E-state index in [2.05, 4.69) is 31.7 Å². The number of anilines is 1. The first-order valence-electron chi connectivity index (χ1n) is 8.67. The number of hydrogen-bond acceptors (Lipinski definition) is 3. The average Bonchev–Trinajstić information content (AvgIpc) is 3.04. The van der Waals surface area contributed by atoms with Crippen molar-refractivity contribution < 1.29 is 18.0 Å². The molecule has 0 saturated carbocycles. The molecule has 0 aliphatic carbocycles. The Hall–Kier alpha value is -2.03. The predicted molar refractivity (Wildman–Crippen MR) is 99.7 cm³/mol. The number of amides is 1. The predicted octanol–water partition coefficient (Wildman–Crippen LogP) is 4.83. The number of rotatable bonds is 4. The molecule has 2 N–H and O–H groups in total. The summed E-state index contributed by atoms with van der Waals surface area (Å²) in [5.41, 5.74) is 0.833. The highest BCUT2D eigenvalue weighted by Crippen LogP contribution is 2.44. The molecular weight excluding hydrogens is 425 g/mol. The lowest BCUT2D eigenvalue weighted by Gasteiger charge is -2.34. The van der Waals surface area contributed by atoms with E-state index in [0.29, 0.717) is 5.56 Å². The Labute approximate surface area is 163 Å². The molecule has 9 heteroatoms. The number of halogens is 4. The lowest BCUT2D eigenvalue weighted by Crippen LogP contribution is -2.37. The van der Waals surface area contributed by atoms with Gasteiger partial charge < -0.3 is 10.6 Å². The summed E-state index contributed by atoms with van der Waals surface area (Å²) in [6.45, 7) is 3.75. The largest absolute Gasteiger partial charge is 0.410 e. The zero-order chi connectivity index (χ0) is 19.8. The summed E-state index contributed by atoms with van der Waals surface area (Å²) in [7, 11) is 0. The molecule has 2 aromatic rings. The van der Waals surface area contributed by atoms with Gasteiger partial charge in [-0.2, -0.15) is 18.3 Å². The smallest absolute Gasteiger partial charge is 0.363 e. The first kappa shape index (κ1) is 19.7. The molecule has 5 nitrogen and oxygen atoms in total. The fourth-order valence-corrected chi connectivity index (χ4v) is 3.31. The maximum Gasteiger partial charge on any atom is 0.410 e. The first-order valence-corrected chi connectivity index (χ1v) is 9.47. The fraction of sp³-hybridized carbons (Fsp3) is 0.444. The summed E-state index contributed by atoms with van der Waals surface area (Å²) < 4.78 is 42.7. The Morgan fingerprint density at radius 1 is 1.41 bits per heavy atom. The maximum absolute atomic E-state index is 13.7. The Kier molecular flexibility index (Phi) is 5.50. The molecule has 3 rings (SSSR count). The van der Waals surface area contributed by atoms with Crippen LogP contribution in [0.1, 0.15) is 54.7 Å². The number of nitrogens with zero attached hydrogens (tertiary/aromatic N) is 2. The van der Waals surface area contributed by atoms with Gasteiger partial charge in [0.05, 0.1) is 12.2 Å². The van der Waals surface area contributed by atoms with Crippen molar-refractivity contribution >= 4 is 27.7 Å². The maximum atomic E-state index is 13.7. The zero-order valence-corrected chi connectivity index (χ0v) is 16.4. The van der Waals surface area contributed by atoms with E-state index in [1.807, 2.05) is 13.8 Å². The Morgan fingerprint density at radius 2 is 2.07 bits per heavy atom. The van der Waals surface area contributed by atoms with Gasteiger partial charge in [-0.3, -0.25) is 4.79 Å². The van der Waals surface area contributed by atoms with E-state index in [1.54, 1.807) is 24.3 Å². The minimum absolute atomic E-state index is 0.0858. The van der Waals surface area contributed by atoms with Gasteiger partial charge in [0.1, 0.15) is 11.4 Å². The molecule has 0 saturated heterocycles. The lowest BCUT2D eigenvalue weighted by molar-refractivity contribution is -0.173. The number of benzene rings is 1. The van der Waals surface area contributed by atoms with Gasteiger partial charge in [-0.25, -0.2) is 4.68 Å². The number of hydrogen-bond donors (Lipinski definition) is 2. The van der Waals surface area contributed by atoms with Crippen LogP contribution in [-0.4, -0.2) is 27.9 Å². The highest BCUT2D eigenvalue weighted by molar-refractivity contribution is 9.10. The number of aromatic nitrogens is 2. The van der Waals surface area contributed by atoms with Crippen molar-refractivity contribution in [3.63, 3.8) is 0 Å². The van der Waals surface area contributed by atoms with Gasteiger partial charge in [0.2, 0.25) is 0 Å². The van der Waals surface area contributed by atoms with Crippen molar-refractivity contribution in [2.45, 2.75) is 51.0 Å². The Morgan fingerprint density at radius 3 is 2.67 bits per heavy atom. The minimum atomic E-state index is -4.47. The standard InChI is InChI=1S/C18H20BrF3N4O/c1-3-10(2)24-17(27)13-9-23-26-15(18(20,21)22)8-14(25-16(13)26)11-4-6-12(19)7-5-11/h4-7,9-10,14-15,25H,3,8H2,1-2H3,(H,24,27)/t10-,14-,15+/m1/s1. The third kappa shape index (κ3) is 4.12. The van der Waals surface area contributed by atoms with Crippen molar-refractivity contribution in [1.82, 2.24) is 15.1 Å². The van der Waals surface area contributed by atoms with Gasteiger partial charge in [-0.1, -0.05) is 35.0 Å². The molecule has 0 radical (unpaired) electrons. The fourth-order valence-electron chi connectivity index (χ4n) is 3.05. The average molecular weight is 445 g/mol. The van der Waals surface area contributed by atoms with Crippen molar-refractivity contribution in [2.24, 2.45) is 0 Å². The SMILES string of the molecule is CC[C@@H](C)NC(=O)c1cnn2c1N[C@@H](c1ccc(Br)cc1)C[C@H]2C(F)(F)F. The van der Waals surface area contributed by atoms with E-state index in [4.69, 9.17) is 0 Å². The van der Waals surface area contributed by atoms with Crippen LogP contribution in [0.3, 0.4) is 0 Å². The lowest BCUT2D eigenvalue weighted by atomic mass is 9.96. The molecule has 1 amide bonds. The van der Waals surface area contributed by atoms with Crippen LogP contribution in [0.15, 0.2) is 34.9 Å². The quantitative estimate of drug-likeness (QED) is 0.709. The Bertz CT molecular complexity index is 819. The summed E-state index contributed by atoms with van der Waals surface area (Å²) in [5, 5.41) is 9.72. The molecule has 0 spiro atoms. The molecule has 1 aromatic carbocycles. The van der Waals surface area contributed by atoms with E-state index >= 15 is 0 Å². The van der Waals surface area contributed by atoms with E-state index in [-0.39, 0.29) is 23.8 Å². The molecule has 0 unspecified atom stereocenters. The van der Waals surface area contributed by atoms with Crippen molar-refractivity contribution in [2.75, 3.05) is 5.32 Å². The molecule has 1 aliphatic heterocycles. The van der Waals surface area contributed by atoms with Crippen LogP contribution >= 0.6 is 15.9 Å². The third-order valence-corrected chi connectivity index (χ3v) is 5.27. The second-order valence-corrected chi connectivity index (χ2v) is 7.59. The molecule has 27 heavy (non-hydrogen) atoms.